The highest BCUT2D eigenvalue weighted by Gasteiger charge is 2.17. The SMILES string of the molecule is CCC(O)C(CO)CC(C)C. The van der Waals surface area contributed by atoms with Crippen molar-refractivity contribution in [3.8, 4) is 0 Å². The molecule has 0 aliphatic heterocycles. The maximum absolute atomic E-state index is 9.41. The smallest absolute Gasteiger partial charge is 0.0587 e. The van der Waals surface area contributed by atoms with E-state index in [0.29, 0.717) is 5.92 Å². The highest BCUT2D eigenvalue weighted by Crippen LogP contribution is 2.16. The van der Waals surface area contributed by atoms with Crippen LogP contribution in [0.1, 0.15) is 33.6 Å². The zero-order chi connectivity index (χ0) is 8.85. The van der Waals surface area contributed by atoms with Crippen LogP contribution >= 0.6 is 0 Å². The molecule has 0 fully saturated rings. The van der Waals surface area contributed by atoms with E-state index in [-0.39, 0.29) is 18.6 Å². The number of rotatable bonds is 5. The highest BCUT2D eigenvalue weighted by atomic mass is 16.3. The van der Waals surface area contributed by atoms with Crippen LogP contribution in [0.25, 0.3) is 0 Å². The predicted molar refractivity (Wildman–Crippen MR) is 46.3 cm³/mol. The second kappa shape index (κ2) is 5.56. The van der Waals surface area contributed by atoms with Crippen LogP contribution in [0, 0.1) is 11.8 Å². The summed E-state index contributed by atoms with van der Waals surface area (Å²) in [4.78, 5) is 0. The van der Waals surface area contributed by atoms with Gasteiger partial charge in [0.25, 0.3) is 0 Å². The number of aliphatic hydroxyl groups excluding tert-OH is 2. The third-order valence-corrected chi connectivity index (χ3v) is 1.97. The molecule has 2 atom stereocenters. The fraction of sp³-hybridized carbons (Fsp3) is 1.00. The molecule has 0 aromatic carbocycles. The van der Waals surface area contributed by atoms with Gasteiger partial charge in [-0.05, 0) is 18.8 Å². The van der Waals surface area contributed by atoms with Crippen LogP contribution in [-0.4, -0.2) is 22.9 Å². The molecule has 0 heterocycles. The standard InChI is InChI=1S/C9H20O2/c1-4-9(11)8(6-10)5-7(2)3/h7-11H,4-6H2,1-3H3. The lowest BCUT2D eigenvalue weighted by atomic mass is 9.92. The monoisotopic (exact) mass is 160 g/mol. The van der Waals surface area contributed by atoms with Gasteiger partial charge in [0, 0.05) is 12.5 Å². The summed E-state index contributed by atoms with van der Waals surface area (Å²) >= 11 is 0. The minimum absolute atomic E-state index is 0.0694. The van der Waals surface area contributed by atoms with Gasteiger partial charge in [0.1, 0.15) is 0 Å². The van der Waals surface area contributed by atoms with E-state index in [9.17, 15) is 5.11 Å². The zero-order valence-corrected chi connectivity index (χ0v) is 7.75. The van der Waals surface area contributed by atoms with Crippen LogP contribution in [-0.2, 0) is 0 Å². The third-order valence-electron chi connectivity index (χ3n) is 1.97. The second-order valence-electron chi connectivity index (χ2n) is 3.55. The van der Waals surface area contributed by atoms with Gasteiger partial charge < -0.3 is 10.2 Å². The molecule has 0 rings (SSSR count). The van der Waals surface area contributed by atoms with Gasteiger partial charge in [-0.2, -0.15) is 0 Å². The lowest BCUT2D eigenvalue weighted by Gasteiger charge is -2.21. The first-order chi connectivity index (χ1) is 5.11. The summed E-state index contributed by atoms with van der Waals surface area (Å²) in [6, 6.07) is 0. The van der Waals surface area contributed by atoms with Crippen LogP contribution in [0.5, 0.6) is 0 Å². The van der Waals surface area contributed by atoms with Gasteiger partial charge in [0.05, 0.1) is 6.10 Å². The van der Waals surface area contributed by atoms with Crippen molar-refractivity contribution in [2.45, 2.75) is 39.7 Å². The third kappa shape index (κ3) is 4.38. The maximum atomic E-state index is 9.41. The van der Waals surface area contributed by atoms with Crippen LogP contribution in [0.15, 0.2) is 0 Å². The maximum Gasteiger partial charge on any atom is 0.0587 e. The van der Waals surface area contributed by atoms with E-state index in [2.05, 4.69) is 13.8 Å². The van der Waals surface area contributed by atoms with Crippen molar-refractivity contribution < 1.29 is 10.2 Å². The van der Waals surface area contributed by atoms with Gasteiger partial charge in [-0.1, -0.05) is 20.8 Å². The Morgan fingerprint density at radius 3 is 2.09 bits per heavy atom. The van der Waals surface area contributed by atoms with Crippen LogP contribution in [0.2, 0.25) is 0 Å². The van der Waals surface area contributed by atoms with Gasteiger partial charge in [-0.3, -0.25) is 0 Å². The van der Waals surface area contributed by atoms with E-state index in [1.54, 1.807) is 0 Å². The van der Waals surface area contributed by atoms with Crippen molar-refractivity contribution in [1.29, 1.82) is 0 Å². The van der Waals surface area contributed by atoms with E-state index in [4.69, 9.17) is 5.11 Å². The summed E-state index contributed by atoms with van der Waals surface area (Å²) < 4.78 is 0. The molecule has 2 unspecified atom stereocenters. The molecule has 0 amide bonds. The Hall–Kier alpha value is -0.0800. The molecule has 0 saturated heterocycles. The summed E-state index contributed by atoms with van der Waals surface area (Å²) in [5, 5.41) is 18.3. The first-order valence-corrected chi connectivity index (χ1v) is 4.40. The molecule has 0 bridgehead atoms. The van der Waals surface area contributed by atoms with Crippen LogP contribution < -0.4 is 0 Å². The predicted octanol–water partition coefficient (Wildman–Crippen LogP) is 1.41. The van der Waals surface area contributed by atoms with E-state index in [1.165, 1.54) is 0 Å². The van der Waals surface area contributed by atoms with Gasteiger partial charge in [-0.15, -0.1) is 0 Å². The minimum atomic E-state index is -0.331. The van der Waals surface area contributed by atoms with Crippen molar-refractivity contribution >= 4 is 0 Å². The molecule has 11 heavy (non-hydrogen) atoms. The molecule has 68 valence electrons. The summed E-state index contributed by atoms with van der Waals surface area (Å²) in [6.07, 6.45) is 1.31. The molecule has 0 saturated carbocycles. The molecule has 2 N–H and O–H groups in total. The Labute approximate surface area is 69.2 Å². The lowest BCUT2D eigenvalue weighted by Crippen LogP contribution is -2.24. The Morgan fingerprint density at radius 1 is 1.27 bits per heavy atom. The minimum Gasteiger partial charge on any atom is -0.396 e. The Morgan fingerprint density at radius 2 is 1.82 bits per heavy atom. The van der Waals surface area contributed by atoms with Crippen molar-refractivity contribution in [2.75, 3.05) is 6.61 Å². The van der Waals surface area contributed by atoms with Gasteiger partial charge in [0.15, 0.2) is 0 Å². The fourth-order valence-corrected chi connectivity index (χ4v) is 1.29. The van der Waals surface area contributed by atoms with E-state index in [1.807, 2.05) is 6.92 Å². The van der Waals surface area contributed by atoms with Crippen LogP contribution in [0.3, 0.4) is 0 Å². The second-order valence-corrected chi connectivity index (χ2v) is 3.55. The molecule has 0 spiro atoms. The zero-order valence-electron chi connectivity index (χ0n) is 7.75. The van der Waals surface area contributed by atoms with Gasteiger partial charge in [-0.25, -0.2) is 0 Å². The largest absolute Gasteiger partial charge is 0.396 e. The molecule has 0 radical (unpaired) electrons. The average molecular weight is 160 g/mol. The summed E-state index contributed by atoms with van der Waals surface area (Å²) in [7, 11) is 0. The molecular formula is C9H20O2. The van der Waals surface area contributed by atoms with E-state index < -0.39 is 0 Å². The number of aliphatic hydroxyl groups is 2. The quantitative estimate of drug-likeness (QED) is 0.638. The molecule has 2 nitrogen and oxygen atoms in total. The highest BCUT2D eigenvalue weighted by molar-refractivity contribution is 4.67. The lowest BCUT2D eigenvalue weighted by molar-refractivity contribution is 0.0528. The summed E-state index contributed by atoms with van der Waals surface area (Å²) in [5.41, 5.74) is 0. The fourth-order valence-electron chi connectivity index (χ4n) is 1.29. The topological polar surface area (TPSA) is 40.5 Å². The molecule has 0 aromatic heterocycles. The Balaban J connectivity index is 3.74. The Bertz CT molecular complexity index is 91.6. The summed E-state index contributed by atoms with van der Waals surface area (Å²) in [6.45, 7) is 6.25. The molecule has 0 aliphatic carbocycles. The Kier molecular flexibility index (Phi) is 5.51. The number of hydrogen-bond acceptors (Lipinski definition) is 2. The van der Waals surface area contributed by atoms with E-state index in [0.717, 1.165) is 12.8 Å². The normalized spacial score (nSPS) is 16.9. The van der Waals surface area contributed by atoms with Crippen molar-refractivity contribution in [2.24, 2.45) is 11.8 Å². The molecule has 2 heteroatoms. The summed E-state index contributed by atoms with van der Waals surface area (Å²) in [5.74, 6) is 0.619. The van der Waals surface area contributed by atoms with Crippen LogP contribution in [0.4, 0.5) is 0 Å². The van der Waals surface area contributed by atoms with Gasteiger partial charge >= 0.3 is 0 Å². The molecule has 0 aliphatic rings. The van der Waals surface area contributed by atoms with Crippen molar-refractivity contribution in [3.05, 3.63) is 0 Å². The number of hydrogen-bond donors (Lipinski definition) is 2. The van der Waals surface area contributed by atoms with Gasteiger partial charge in [0.2, 0.25) is 0 Å². The molecule has 0 aromatic rings. The van der Waals surface area contributed by atoms with Crippen molar-refractivity contribution in [3.63, 3.8) is 0 Å². The first kappa shape index (κ1) is 10.9. The van der Waals surface area contributed by atoms with Crippen molar-refractivity contribution in [1.82, 2.24) is 0 Å². The first-order valence-electron chi connectivity index (χ1n) is 4.40. The average Bonchev–Trinajstić information content (AvgIpc) is 1.98. The molecular weight excluding hydrogens is 140 g/mol. The van der Waals surface area contributed by atoms with E-state index >= 15 is 0 Å².